The first kappa shape index (κ1) is 7.74. The molecule has 0 radical (unpaired) electrons. The van der Waals surface area contributed by atoms with E-state index in [9.17, 15) is 5.11 Å². The second kappa shape index (κ2) is 2.87. The summed E-state index contributed by atoms with van der Waals surface area (Å²) in [5.41, 5.74) is 0.564. The van der Waals surface area contributed by atoms with Crippen molar-refractivity contribution in [3.63, 3.8) is 0 Å². The molecule has 1 N–H and O–H groups in total. The molecule has 1 heterocycles. The van der Waals surface area contributed by atoms with Crippen LogP contribution in [0.5, 0.6) is 0 Å². The molecule has 0 bridgehead atoms. The smallest absolute Gasteiger partial charge is 0.0703 e. The lowest BCUT2D eigenvalue weighted by Gasteiger charge is -2.36. The number of hydrogen-bond donors (Lipinski definition) is 1. The molecule has 1 aliphatic rings. The highest BCUT2D eigenvalue weighted by molar-refractivity contribution is 5.08. The van der Waals surface area contributed by atoms with E-state index in [1.807, 2.05) is 18.2 Å². The molecule has 1 fully saturated rings. The van der Waals surface area contributed by atoms with Crippen LogP contribution in [-0.4, -0.2) is 15.7 Å². The summed E-state index contributed by atoms with van der Waals surface area (Å²) in [7, 11) is 0. The molecule has 2 nitrogen and oxygen atoms in total. The minimum absolute atomic E-state index is 0.436. The van der Waals surface area contributed by atoms with Gasteiger partial charge in [0.05, 0.1) is 5.60 Å². The van der Waals surface area contributed by atoms with Crippen LogP contribution in [0, 0.1) is 0 Å². The van der Waals surface area contributed by atoms with E-state index in [2.05, 4.69) is 4.98 Å². The first-order valence-electron chi connectivity index (χ1n) is 4.41. The molecule has 0 unspecified atom stereocenters. The Morgan fingerprint density at radius 3 is 2.75 bits per heavy atom. The van der Waals surface area contributed by atoms with Gasteiger partial charge in [-0.2, -0.15) is 0 Å². The minimum atomic E-state index is -0.436. The summed E-state index contributed by atoms with van der Waals surface area (Å²) in [6.07, 6.45) is 5.52. The van der Waals surface area contributed by atoms with Gasteiger partial charge in [-0.15, -0.1) is 0 Å². The topological polar surface area (TPSA) is 33.1 Å². The van der Waals surface area contributed by atoms with E-state index in [-0.39, 0.29) is 0 Å². The maximum Gasteiger partial charge on any atom is 0.0703 e. The molecule has 12 heavy (non-hydrogen) atoms. The van der Waals surface area contributed by atoms with Crippen LogP contribution in [-0.2, 0) is 6.42 Å². The van der Waals surface area contributed by atoms with Crippen LogP contribution < -0.4 is 0 Å². The van der Waals surface area contributed by atoms with Crippen molar-refractivity contribution in [2.45, 2.75) is 31.3 Å². The monoisotopic (exact) mass is 163 g/mol. The first-order valence-corrected chi connectivity index (χ1v) is 4.41. The van der Waals surface area contributed by atoms with Crippen molar-refractivity contribution in [3.8, 4) is 0 Å². The van der Waals surface area contributed by atoms with Crippen LogP contribution in [0.25, 0.3) is 0 Å². The third-order valence-corrected chi connectivity index (χ3v) is 2.52. The summed E-state index contributed by atoms with van der Waals surface area (Å²) in [6.45, 7) is 0. The average molecular weight is 163 g/mol. The molecule has 1 aromatic rings. The number of aliphatic hydroxyl groups is 1. The Hall–Kier alpha value is -0.890. The molecule has 0 aliphatic heterocycles. The minimum Gasteiger partial charge on any atom is -0.389 e. The molecule has 0 spiro atoms. The Balaban J connectivity index is 2.04. The summed E-state index contributed by atoms with van der Waals surface area (Å²) >= 11 is 0. The number of hydrogen-bond acceptors (Lipinski definition) is 2. The quantitative estimate of drug-likeness (QED) is 0.717. The summed E-state index contributed by atoms with van der Waals surface area (Å²) in [6, 6.07) is 5.83. The highest BCUT2D eigenvalue weighted by Crippen LogP contribution is 2.33. The SMILES string of the molecule is OC1(Cc2ccccn2)CCC1. The Morgan fingerprint density at radius 1 is 1.42 bits per heavy atom. The largest absolute Gasteiger partial charge is 0.389 e. The number of nitrogens with zero attached hydrogens (tertiary/aromatic N) is 1. The highest BCUT2D eigenvalue weighted by atomic mass is 16.3. The van der Waals surface area contributed by atoms with Crippen molar-refractivity contribution in [1.82, 2.24) is 4.98 Å². The molecule has 1 saturated carbocycles. The zero-order valence-electron chi connectivity index (χ0n) is 7.03. The van der Waals surface area contributed by atoms with Gasteiger partial charge >= 0.3 is 0 Å². The molecule has 2 rings (SSSR count). The Bertz CT molecular complexity index is 254. The Kier molecular flexibility index (Phi) is 1.85. The zero-order valence-corrected chi connectivity index (χ0v) is 7.03. The third kappa shape index (κ3) is 1.48. The van der Waals surface area contributed by atoms with Gasteiger partial charge in [-0.1, -0.05) is 6.07 Å². The van der Waals surface area contributed by atoms with E-state index in [0.717, 1.165) is 25.0 Å². The number of aromatic nitrogens is 1. The van der Waals surface area contributed by atoms with E-state index in [1.165, 1.54) is 0 Å². The predicted octanol–water partition coefficient (Wildman–Crippen LogP) is 1.54. The molecule has 1 aliphatic carbocycles. The summed E-state index contributed by atoms with van der Waals surface area (Å²) in [5.74, 6) is 0. The van der Waals surface area contributed by atoms with Crippen molar-refractivity contribution in [1.29, 1.82) is 0 Å². The standard InChI is InChI=1S/C10H13NO/c12-10(5-3-6-10)8-9-4-1-2-7-11-9/h1-2,4,7,12H,3,5-6,8H2. The average Bonchev–Trinajstić information content (AvgIpc) is 2.04. The van der Waals surface area contributed by atoms with Crippen molar-refractivity contribution < 1.29 is 5.11 Å². The third-order valence-electron chi connectivity index (χ3n) is 2.52. The maximum absolute atomic E-state index is 9.82. The van der Waals surface area contributed by atoms with Gasteiger partial charge in [-0.05, 0) is 31.4 Å². The molecular weight excluding hydrogens is 150 g/mol. The highest BCUT2D eigenvalue weighted by Gasteiger charge is 2.34. The second-order valence-electron chi connectivity index (χ2n) is 3.58. The number of rotatable bonds is 2. The molecule has 64 valence electrons. The van der Waals surface area contributed by atoms with Gasteiger partial charge in [0.15, 0.2) is 0 Å². The zero-order chi connectivity index (χ0) is 8.44. The van der Waals surface area contributed by atoms with Crippen LogP contribution in [0.1, 0.15) is 25.0 Å². The van der Waals surface area contributed by atoms with Gasteiger partial charge in [0.1, 0.15) is 0 Å². The molecular formula is C10H13NO. The number of pyridine rings is 1. The molecule has 0 amide bonds. The summed E-state index contributed by atoms with van der Waals surface area (Å²) in [4.78, 5) is 4.19. The lowest BCUT2D eigenvalue weighted by molar-refractivity contribution is -0.0330. The Labute approximate surface area is 72.3 Å². The maximum atomic E-state index is 9.82. The summed E-state index contributed by atoms with van der Waals surface area (Å²) in [5, 5.41) is 9.82. The normalized spacial score (nSPS) is 20.1. The van der Waals surface area contributed by atoms with E-state index >= 15 is 0 Å². The fourth-order valence-electron chi connectivity index (χ4n) is 1.60. The first-order chi connectivity index (χ1) is 5.79. The van der Waals surface area contributed by atoms with Gasteiger partial charge in [0.2, 0.25) is 0 Å². The van der Waals surface area contributed by atoms with Crippen LogP contribution in [0.15, 0.2) is 24.4 Å². The summed E-state index contributed by atoms with van der Waals surface area (Å²) < 4.78 is 0. The van der Waals surface area contributed by atoms with Gasteiger partial charge in [0.25, 0.3) is 0 Å². The van der Waals surface area contributed by atoms with Crippen LogP contribution in [0.3, 0.4) is 0 Å². The van der Waals surface area contributed by atoms with Gasteiger partial charge in [0, 0.05) is 18.3 Å². The van der Waals surface area contributed by atoms with Gasteiger partial charge in [-0.3, -0.25) is 4.98 Å². The van der Waals surface area contributed by atoms with Crippen LogP contribution in [0.4, 0.5) is 0 Å². The van der Waals surface area contributed by atoms with Crippen molar-refractivity contribution in [2.75, 3.05) is 0 Å². The van der Waals surface area contributed by atoms with Gasteiger partial charge in [-0.25, -0.2) is 0 Å². The van der Waals surface area contributed by atoms with Crippen LogP contribution >= 0.6 is 0 Å². The molecule has 1 aromatic heterocycles. The van der Waals surface area contributed by atoms with Crippen molar-refractivity contribution >= 4 is 0 Å². The second-order valence-corrected chi connectivity index (χ2v) is 3.58. The predicted molar refractivity (Wildman–Crippen MR) is 46.7 cm³/mol. The van der Waals surface area contributed by atoms with E-state index in [1.54, 1.807) is 6.20 Å². The van der Waals surface area contributed by atoms with Gasteiger partial charge < -0.3 is 5.11 Å². The lowest BCUT2D eigenvalue weighted by atomic mass is 9.77. The van der Waals surface area contributed by atoms with Crippen molar-refractivity contribution in [3.05, 3.63) is 30.1 Å². The van der Waals surface area contributed by atoms with E-state index < -0.39 is 5.60 Å². The van der Waals surface area contributed by atoms with Crippen molar-refractivity contribution in [2.24, 2.45) is 0 Å². The molecule has 0 atom stereocenters. The molecule has 2 heteroatoms. The fraction of sp³-hybridized carbons (Fsp3) is 0.500. The van der Waals surface area contributed by atoms with Crippen LogP contribution in [0.2, 0.25) is 0 Å². The molecule has 0 aromatic carbocycles. The fourth-order valence-corrected chi connectivity index (χ4v) is 1.60. The lowest BCUT2D eigenvalue weighted by Crippen LogP contribution is -2.39. The molecule has 0 saturated heterocycles. The van der Waals surface area contributed by atoms with E-state index in [0.29, 0.717) is 6.42 Å². The Morgan fingerprint density at radius 2 is 2.25 bits per heavy atom. The van der Waals surface area contributed by atoms with E-state index in [4.69, 9.17) is 0 Å².